The Hall–Kier alpha value is -1.97. The highest BCUT2D eigenvalue weighted by molar-refractivity contribution is 7.88. The number of amides is 1. The molecule has 1 fully saturated rings. The number of hydrogen-bond acceptors (Lipinski definition) is 5. The van der Waals surface area contributed by atoms with Crippen LogP contribution >= 0.6 is 0 Å². The predicted molar refractivity (Wildman–Crippen MR) is 92.8 cm³/mol. The fourth-order valence-corrected chi connectivity index (χ4v) is 3.75. The van der Waals surface area contributed by atoms with Crippen LogP contribution in [0.1, 0.15) is 11.3 Å². The molecule has 3 rings (SSSR count). The number of nitrogens with one attached hydrogen (secondary N) is 1. The Kier molecular flexibility index (Phi) is 5.07. The van der Waals surface area contributed by atoms with E-state index in [0.29, 0.717) is 13.2 Å². The van der Waals surface area contributed by atoms with Gasteiger partial charge in [-0.2, -0.15) is 4.31 Å². The Morgan fingerprint density at radius 2 is 2.28 bits per heavy atom. The van der Waals surface area contributed by atoms with Crippen LogP contribution in [0.2, 0.25) is 0 Å². The van der Waals surface area contributed by atoms with Gasteiger partial charge in [-0.1, -0.05) is 6.07 Å². The van der Waals surface area contributed by atoms with Gasteiger partial charge in [-0.15, -0.1) is 0 Å². The highest BCUT2D eigenvalue weighted by Crippen LogP contribution is 2.12. The molecule has 9 heteroatoms. The molecule has 1 atom stereocenters. The second kappa shape index (κ2) is 7.11. The lowest BCUT2D eigenvalue weighted by Crippen LogP contribution is -2.49. The molecule has 0 saturated carbocycles. The number of hydrogen-bond donors (Lipinski definition) is 1. The van der Waals surface area contributed by atoms with Gasteiger partial charge in [-0.05, 0) is 18.6 Å². The summed E-state index contributed by atoms with van der Waals surface area (Å²) >= 11 is 0. The second-order valence-corrected chi connectivity index (χ2v) is 8.21. The average molecular weight is 366 g/mol. The van der Waals surface area contributed by atoms with Crippen molar-refractivity contribution in [2.45, 2.75) is 19.4 Å². The molecule has 1 N–H and O–H groups in total. The van der Waals surface area contributed by atoms with Crippen molar-refractivity contribution in [1.82, 2.24) is 19.0 Å². The summed E-state index contributed by atoms with van der Waals surface area (Å²) in [5.74, 6) is -0.150. The SMILES string of the molecule is Cc1cccn2c(CC(=O)NC[C@@H]3CN(S(C)(=O)=O)CCO3)cnc12. The molecule has 2 aromatic rings. The normalized spacial score (nSPS) is 19.2. The van der Waals surface area contributed by atoms with Crippen molar-refractivity contribution >= 4 is 21.6 Å². The summed E-state index contributed by atoms with van der Waals surface area (Å²) in [6.07, 6.45) is 4.63. The Labute approximate surface area is 146 Å². The number of sulfonamides is 1. The Morgan fingerprint density at radius 3 is 3.04 bits per heavy atom. The quantitative estimate of drug-likeness (QED) is 0.802. The van der Waals surface area contributed by atoms with E-state index in [0.717, 1.165) is 16.9 Å². The van der Waals surface area contributed by atoms with Gasteiger partial charge in [0.1, 0.15) is 5.65 Å². The van der Waals surface area contributed by atoms with E-state index in [4.69, 9.17) is 4.74 Å². The van der Waals surface area contributed by atoms with E-state index in [9.17, 15) is 13.2 Å². The van der Waals surface area contributed by atoms with Gasteiger partial charge >= 0.3 is 0 Å². The van der Waals surface area contributed by atoms with E-state index < -0.39 is 10.0 Å². The van der Waals surface area contributed by atoms with E-state index in [2.05, 4.69) is 10.3 Å². The number of ether oxygens (including phenoxy) is 1. The summed E-state index contributed by atoms with van der Waals surface area (Å²) in [5, 5.41) is 2.82. The molecule has 3 heterocycles. The monoisotopic (exact) mass is 366 g/mol. The lowest BCUT2D eigenvalue weighted by atomic mass is 10.2. The van der Waals surface area contributed by atoms with Crippen LogP contribution in [0.3, 0.4) is 0 Å². The zero-order valence-corrected chi connectivity index (χ0v) is 15.1. The molecule has 0 aliphatic carbocycles. The zero-order chi connectivity index (χ0) is 18.0. The summed E-state index contributed by atoms with van der Waals surface area (Å²) in [7, 11) is -3.24. The van der Waals surface area contributed by atoms with Crippen LogP contribution in [-0.4, -0.2) is 66.6 Å². The molecule has 2 aromatic heterocycles. The average Bonchev–Trinajstić information content (AvgIpc) is 2.97. The third-order valence-electron chi connectivity index (χ3n) is 4.25. The first-order valence-electron chi connectivity index (χ1n) is 8.09. The van der Waals surface area contributed by atoms with E-state index in [1.54, 1.807) is 6.20 Å². The van der Waals surface area contributed by atoms with Crippen LogP contribution in [-0.2, 0) is 26.0 Å². The minimum Gasteiger partial charge on any atom is -0.374 e. The van der Waals surface area contributed by atoms with Crippen LogP contribution in [0.5, 0.6) is 0 Å². The molecule has 25 heavy (non-hydrogen) atoms. The molecule has 0 radical (unpaired) electrons. The number of nitrogens with zero attached hydrogens (tertiary/aromatic N) is 3. The summed E-state index contributed by atoms with van der Waals surface area (Å²) in [4.78, 5) is 16.6. The summed E-state index contributed by atoms with van der Waals surface area (Å²) in [5.41, 5.74) is 2.69. The second-order valence-electron chi connectivity index (χ2n) is 6.23. The number of fused-ring (bicyclic) bond motifs is 1. The molecule has 1 saturated heterocycles. The Morgan fingerprint density at radius 1 is 1.48 bits per heavy atom. The number of imidazole rings is 1. The topological polar surface area (TPSA) is 93.0 Å². The third kappa shape index (κ3) is 4.17. The number of carbonyl (C=O) groups is 1. The molecular weight excluding hydrogens is 344 g/mol. The Bertz CT molecular complexity index is 877. The lowest BCUT2D eigenvalue weighted by Gasteiger charge is -2.31. The smallest absolute Gasteiger partial charge is 0.226 e. The molecule has 0 spiro atoms. The predicted octanol–water partition coefficient (Wildman–Crippen LogP) is -0.0382. The van der Waals surface area contributed by atoms with Crippen molar-refractivity contribution in [1.29, 1.82) is 0 Å². The van der Waals surface area contributed by atoms with Gasteiger partial charge in [0.05, 0.1) is 31.1 Å². The third-order valence-corrected chi connectivity index (χ3v) is 5.52. The molecule has 0 bridgehead atoms. The van der Waals surface area contributed by atoms with Crippen molar-refractivity contribution in [3.8, 4) is 0 Å². The van der Waals surface area contributed by atoms with Crippen molar-refractivity contribution in [2.24, 2.45) is 0 Å². The van der Waals surface area contributed by atoms with Gasteiger partial charge in [0.15, 0.2) is 0 Å². The Balaban J connectivity index is 1.57. The summed E-state index contributed by atoms with van der Waals surface area (Å²) in [6.45, 7) is 3.19. The van der Waals surface area contributed by atoms with Gasteiger partial charge in [-0.25, -0.2) is 13.4 Å². The highest BCUT2D eigenvalue weighted by atomic mass is 32.2. The highest BCUT2D eigenvalue weighted by Gasteiger charge is 2.26. The summed E-state index contributed by atoms with van der Waals surface area (Å²) < 4.78 is 32.0. The van der Waals surface area contributed by atoms with Gasteiger partial charge < -0.3 is 14.5 Å². The van der Waals surface area contributed by atoms with Gasteiger partial charge in [-0.3, -0.25) is 4.79 Å². The number of carbonyl (C=O) groups excluding carboxylic acids is 1. The fraction of sp³-hybridized carbons (Fsp3) is 0.500. The maximum atomic E-state index is 12.2. The molecular formula is C16H22N4O4S. The maximum absolute atomic E-state index is 12.2. The van der Waals surface area contributed by atoms with Crippen LogP contribution in [0.25, 0.3) is 5.65 Å². The van der Waals surface area contributed by atoms with Crippen molar-refractivity contribution in [3.05, 3.63) is 35.8 Å². The number of pyridine rings is 1. The van der Waals surface area contributed by atoms with Crippen LogP contribution in [0.4, 0.5) is 0 Å². The number of rotatable bonds is 5. The van der Waals surface area contributed by atoms with Crippen LogP contribution in [0.15, 0.2) is 24.5 Å². The van der Waals surface area contributed by atoms with Crippen molar-refractivity contribution in [2.75, 3.05) is 32.5 Å². The van der Waals surface area contributed by atoms with E-state index in [-0.39, 0.29) is 31.5 Å². The largest absolute Gasteiger partial charge is 0.374 e. The minimum absolute atomic E-state index is 0.150. The molecule has 1 aliphatic heterocycles. The lowest BCUT2D eigenvalue weighted by molar-refractivity contribution is -0.121. The number of aryl methyl sites for hydroxylation is 1. The minimum atomic E-state index is -3.24. The molecule has 0 aromatic carbocycles. The first-order valence-corrected chi connectivity index (χ1v) is 9.94. The van der Waals surface area contributed by atoms with Gasteiger partial charge in [0, 0.05) is 32.0 Å². The molecule has 1 amide bonds. The van der Waals surface area contributed by atoms with E-state index in [1.807, 2.05) is 29.7 Å². The van der Waals surface area contributed by atoms with Crippen molar-refractivity contribution in [3.63, 3.8) is 0 Å². The van der Waals surface area contributed by atoms with Crippen LogP contribution in [0, 0.1) is 6.92 Å². The number of aromatic nitrogens is 2. The molecule has 136 valence electrons. The van der Waals surface area contributed by atoms with Crippen molar-refractivity contribution < 1.29 is 17.9 Å². The van der Waals surface area contributed by atoms with E-state index >= 15 is 0 Å². The molecule has 8 nitrogen and oxygen atoms in total. The standard InChI is InChI=1S/C16H22N4O4S/c1-12-4-3-5-20-13(9-18-16(12)20)8-15(21)17-10-14-11-19(6-7-24-14)25(2,22)23/h3-5,9,14H,6-8,10-11H2,1-2H3,(H,17,21)/t14-/m1/s1. The molecule has 1 aliphatic rings. The van der Waals surface area contributed by atoms with Gasteiger partial charge in [0.2, 0.25) is 15.9 Å². The summed E-state index contributed by atoms with van der Waals surface area (Å²) in [6, 6.07) is 3.89. The molecule has 0 unspecified atom stereocenters. The first-order chi connectivity index (χ1) is 11.8. The fourth-order valence-electron chi connectivity index (χ4n) is 2.90. The van der Waals surface area contributed by atoms with Crippen LogP contribution < -0.4 is 5.32 Å². The zero-order valence-electron chi connectivity index (χ0n) is 14.3. The van der Waals surface area contributed by atoms with E-state index in [1.165, 1.54) is 10.6 Å². The van der Waals surface area contributed by atoms with Gasteiger partial charge in [0.25, 0.3) is 0 Å². The maximum Gasteiger partial charge on any atom is 0.226 e. The number of morpholine rings is 1. The first kappa shape index (κ1) is 17.8.